The van der Waals surface area contributed by atoms with Crippen molar-refractivity contribution in [2.24, 2.45) is 11.1 Å². The summed E-state index contributed by atoms with van der Waals surface area (Å²) in [5, 5.41) is 2.85. The second-order valence-corrected chi connectivity index (χ2v) is 4.54. The Bertz CT molecular complexity index is 441. The van der Waals surface area contributed by atoms with Gasteiger partial charge in [0.15, 0.2) is 0 Å². The number of amides is 1. The minimum Gasteiger partial charge on any atom is -0.351 e. The zero-order chi connectivity index (χ0) is 13.6. The Labute approximate surface area is 107 Å². The second-order valence-electron chi connectivity index (χ2n) is 4.54. The molecular formula is C13H21N3O2. The number of carbonyl (C=O) groups is 1. The standard InChI is InChI=1S/C13H21N3O2/c1-3-13(4-2,8-14)9-16-12(18)10-5-6-15-11(17)7-10/h5-7H,3-4,8-9,14H2,1-2H3,(H,15,17)(H,16,18). The van der Waals surface area contributed by atoms with Gasteiger partial charge in [-0.2, -0.15) is 0 Å². The molecule has 0 radical (unpaired) electrons. The van der Waals surface area contributed by atoms with E-state index in [4.69, 9.17) is 5.73 Å². The average molecular weight is 251 g/mol. The topological polar surface area (TPSA) is 88.0 Å². The van der Waals surface area contributed by atoms with Crippen molar-refractivity contribution in [3.8, 4) is 0 Å². The molecule has 0 fully saturated rings. The Kier molecular flexibility index (Phi) is 5.09. The summed E-state index contributed by atoms with van der Waals surface area (Å²) in [7, 11) is 0. The molecule has 0 spiro atoms. The lowest BCUT2D eigenvalue weighted by molar-refractivity contribution is 0.0928. The van der Waals surface area contributed by atoms with Gasteiger partial charge >= 0.3 is 0 Å². The third-order valence-electron chi connectivity index (χ3n) is 3.59. The van der Waals surface area contributed by atoms with Gasteiger partial charge in [0.25, 0.3) is 5.91 Å². The van der Waals surface area contributed by atoms with Crippen LogP contribution in [0.1, 0.15) is 37.0 Å². The van der Waals surface area contributed by atoms with Crippen LogP contribution in [0.15, 0.2) is 23.1 Å². The van der Waals surface area contributed by atoms with E-state index < -0.39 is 0 Å². The Morgan fingerprint density at radius 2 is 2.11 bits per heavy atom. The summed E-state index contributed by atoms with van der Waals surface area (Å²) in [6.45, 7) is 5.20. The van der Waals surface area contributed by atoms with Crippen molar-refractivity contribution < 1.29 is 4.79 Å². The van der Waals surface area contributed by atoms with Gasteiger partial charge in [-0.25, -0.2) is 0 Å². The number of pyridine rings is 1. The maximum Gasteiger partial charge on any atom is 0.251 e. The van der Waals surface area contributed by atoms with Crippen LogP contribution >= 0.6 is 0 Å². The first-order valence-corrected chi connectivity index (χ1v) is 6.24. The van der Waals surface area contributed by atoms with E-state index in [2.05, 4.69) is 24.1 Å². The molecule has 0 saturated heterocycles. The van der Waals surface area contributed by atoms with Gasteiger partial charge in [-0.05, 0) is 30.9 Å². The van der Waals surface area contributed by atoms with E-state index >= 15 is 0 Å². The highest BCUT2D eigenvalue weighted by Gasteiger charge is 2.25. The van der Waals surface area contributed by atoms with Crippen LogP contribution in [0.4, 0.5) is 0 Å². The first kappa shape index (κ1) is 14.4. The van der Waals surface area contributed by atoms with E-state index in [1.54, 1.807) is 6.07 Å². The van der Waals surface area contributed by atoms with E-state index in [1.165, 1.54) is 12.3 Å². The van der Waals surface area contributed by atoms with Crippen LogP contribution in [0.5, 0.6) is 0 Å². The van der Waals surface area contributed by atoms with Gasteiger partial charge in [-0.3, -0.25) is 9.59 Å². The summed E-state index contributed by atoms with van der Waals surface area (Å²) >= 11 is 0. The Hall–Kier alpha value is -1.62. The van der Waals surface area contributed by atoms with E-state index in [9.17, 15) is 9.59 Å². The fourth-order valence-corrected chi connectivity index (χ4v) is 1.82. The van der Waals surface area contributed by atoms with Gasteiger partial charge in [-0.15, -0.1) is 0 Å². The van der Waals surface area contributed by atoms with Gasteiger partial charge in [0.1, 0.15) is 0 Å². The maximum absolute atomic E-state index is 11.9. The molecule has 100 valence electrons. The number of nitrogens with two attached hydrogens (primary N) is 1. The van der Waals surface area contributed by atoms with Crippen molar-refractivity contribution in [1.29, 1.82) is 0 Å². The third kappa shape index (κ3) is 3.43. The largest absolute Gasteiger partial charge is 0.351 e. The lowest BCUT2D eigenvalue weighted by atomic mass is 9.82. The molecule has 0 aromatic carbocycles. The monoisotopic (exact) mass is 251 g/mol. The SMILES string of the molecule is CCC(CC)(CN)CNC(=O)c1cc[nH]c(=O)c1. The highest BCUT2D eigenvalue weighted by molar-refractivity contribution is 5.93. The highest BCUT2D eigenvalue weighted by atomic mass is 16.2. The number of hydrogen-bond acceptors (Lipinski definition) is 3. The summed E-state index contributed by atoms with van der Waals surface area (Å²) in [5.41, 5.74) is 5.81. The summed E-state index contributed by atoms with van der Waals surface area (Å²) in [4.78, 5) is 25.5. The molecule has 0 bridgehead atoms. The minimum absolute atomic E-state index is 0.0587. The molecule has 0 atom stereocenters. The van der Waals surface area contributed by atoms with Crippen molar-refractivity contribution >= 4 is 5.91 Å². The fraction of sp³-hybridized carbons (Fsp3) is 0.538. The average Bonchev–Trinajstić information content (AvgIpc) is 2.40. The maximum atomic E-state index is 11.9. The second kappa shape index (κ2) is 6.35. The van der Waals surface area contributed by atoms with Gasteiger partial charge in [0, 0.05) is 24.4 Å². The normalized spacial score (nSPS) is 11.3. The van der Waals surface area contributed by atoms with E-state index in [0.29, 0.717) is 18.7 Å². The molecule has 1 aromatic rings. The number of H-pyrrole nitrogens is 1. The molecule has 4 N–H and O–H groups in total. The Morgan fingerprint density at radius 3 is 2.61 bits per heavy atom. The van der Waals surface area contributed by atoms with Gasteiger partial charge in [0.05, 0.1) is 0 Å². The summed E-state index contributed by atoms with van der Waals surface area (Å²) in [5.74, 6) is -0.235. The third-order valence-corrected chi connectivity index (χ3v) is 3.59. The highest BCUT2D eigenvalue weighted by Crippen LogP contribution is 2.23. The molecular weight excluding hydrogens is 230 g/mol. The quantitative estimate of drug-likeness (QED) is 0.701. The summed E-state index contributed by atoms with van der Waals surface area (Å²) in [6.07, 6.45) is 3.29. The van der Waals surface area contributed by atoms with Crippen LogP contribution in [0.3, 0.4) is 0 Å². The molecule has 0 unspecified atom stereocenters. The molecule has 5 heteroatoms. The zero-order valence-electron chi connectivity index (χ0n) is 11.0. The minimum atomic E-state index is -0.279. The van der Waals surface area contributed by atoms with Crippen LogP contribution in [0, 0.1) is 5.41 Å². The van der Waals surface area contributed by atoms with E-state index in [-0.39, 0.29) is 16.9 Å². The van der Waals surface area contributed by atoms with Crippen LogP contribution in [0.2, 0.25) is 0 Å². The van der Waals surface area contributed by atoms with Gasteiger partial charge in [0.2, 0.25) is 5.56 Å². The molecule has 0 aliphatic rings. The first-order valence-electron chi connectivity index (χ1n) is 6.24. The molecule has 1 rings (SSSR count). The number of aromatic nitrogens is 1. The van der Waals surface area contributed by atoms with Crippen LogP contribution in [-0.4, -0.2) is 24.0 Å². The van der Waals surface area contributed by atoms with Crippen molar-refractivity contribution in [3.05, 3.63) is 34.2 Å². The number of rotatable bonds is 6. The van der Waals surface area contributed by atoms with Crippen molar-refractivity contribution in [1.82, 2.24) is 10.3 Å². The molecule has 0 saturated carbocycles. The molecule has 0 aliphatic heterocycles. The summed E-state index contributed by atoms with van der Waals surface area (Å²) in [6, 6.07) is 2.87. The lowest BCUT2D eigenvalue weighted by Crippen LogP contribution is -2.42. The van der Waals surface area contributed by atoms with Crippen LogP contribution in [0.25, 0.3) is 0 Å². The molecule has 0 aliphatic carbocycles. The molecule has 1 heterocycles. The zero-order valence-corrected chi connectivity index (χ0v) is 11.0. The summed E-state index contributed by atoms with van der Waals surface area (Å²) < 4.78 is 0. The van der Waals surface area contributed by atoms with Gasteiger partial charge < -0.3 is 16.0 Å². The number of aromatic amines is 1. The molecule has 18 heavy (non-hydrogen) atoms. The number of carbonyl (C=O) groups excluding carboxylic acids is 1. The number of hydrogen-bond donors (Lipinski definition) is 3. The molecule has 1 amide bonds. The Balaban J connectivity index is 2.69. The van der Waals surface area contributed by atoms with E-state index in [0.717, 1.165) is 12.8 Å². The van der Waals surface area contributed by atoms with E-state index in [1.807, 2.05) is 0 Å². The number of nitrogens with one attached hydrogen (secondary N) is 2. The molecule has 5 nitrogen and oxygen atoms in total. The predicted octanol–water partition coefficient (Wildman–Crippen LogP) is 0.870. The smallest absolute Gasteiger partial charge is 0.251 e. The lowest BCUT2D eigenvalue weighted by Gasteiger charge is -2.30. The Morgan fingerprint density at radius 1 is 1.44 bits per heavy atom. The molecule has 1 aromatic heterocycles. The first-order chi connectivity index (χ1) is 8.56. The fourth-order valence-electron chi connectivity index (χ4n) is 1.82. The van der Waals surface area contributed by atoms with Crippen molar-refractivity contribution in [2.45, 2.75) is 26.7 Å². The van der Waals surface area contributed by atoms with Gasteiger partial charge in [-0.1, -0.05) is 13.8 Å². The van der Waals surface area contributed by atoms with Crippen molar-refractivity contribution in [3.63, 3.8) is 0 Å². The van der Waals surface area contributed by atoms with Crippen LogP contribution in [-0.2, 0) is 0 Å². The van der Waals surface area contributed by atoms with Crippen LogP contribution < -0.4 is 16.6 Å². The predicted molar refractivity (Wildman–Crippen MR) is 71.5 cm³/mol. The van der Waals surface area contributed by atoms with Crippen molar-refractivity contribution in [2.75, 3.05) is 13.1 Å².